The van der Waals surface area contributed by atoms with E-state index in [4.69, 9.17) is 0 Å². The maximum Gasteiger partial charge on any atom is 0.285 e. The van der Waals surface area contributed by atoms with Gasteiger partial charge in [0, 0.05) is 11.9 Å². The minimum atomic E-state index is -1.35. The standard InChI is InChI=1S/C12H11BrF2N2O3/c13-5-12(1-2-12)6-16-11(18)7-3-8(14)9(15)4-10(7)17(19)20/h3-4H,1-2,5-6H2,(H,16,18). The van der Waals surface area contributed by atoms with Crippen LogP contribution in [0.25, 0.3) is 0 Å². The van der Waals surface area contributed by atoms with Crippen LogP contribution in [0.3, 0.4) is 0 Å². The highest BCUT2D eigenvalue weighted by molar-refractivity contribution is 9.09. The second kappa shape index (κ2) is 5.43. The van der Waals surface area contributed by atoms with Crippen LogP contribution in [0.2, 0.25) is 0 Å². The molecule has 0 radical (unpaired) electrons. The lowest BCUT2D eigenvalue weighted by molar-refractivity contribution is -0.385. The van der Waals surface area contributed by atoms with Gasteiger partial charge in [-0.05, 0) is 24.3 Å². The molecule has 1 aliphatic carbocycles. The molecule has 1 aliphatic rings. The molecule has 5 nitrogen and oxygen atoms in total. The van der Waals surface area contributed by atoms with Gasteiger partial charge in [-0.25, -0.2) is 8.78 Å². The molecule has 0 aromatic heterocycles. The van der Waals surface area contributed by atoms with Crippen LogP contribution >= 0.6 is 15.9 Å². The van der Waals surface area contributed by atoms with Crippen molar-refractivity contribution in [2.24, 2.45) is 5.41 Å². The van der Waals surface area contributed by atoms with Crippen molar-refractivity contribution < 1.29 is 18.5 Å². The van der Waals surface area contributed by atoms with Gasteiger partial charge in [0.25, 0.3) is 11.6 Å². The van der Waals surface area contributed by atoms with Gasteiger partial charge in [-0.1, -0.05) is 15.9 Å². The van der Waals surface area contributed by atoms with Gasteiger partial charge in [0.2, 0.25) is 0 Å². The minimum absolute atomic E-state index is 0.0248. The SMILES string of the molecule is O=C(NCC1(CBr)CC1)c1cc(F)c(F)cc1[N+](=O)[O-]. The van der Waals surface area contributed by atoms with Crippen molar-refractivity contribution in [1.82, 2.24) is 5.32 Å². The lowest BCUT2D eigenvalue weighted by atomic mass is 10.1. The maximum absolute atomic E-state index is 13.2. The first-order valence-electron chi connectivity index (χ1n) is 5.86. The second-order valence-corrected chi connectivity index (χ2v) is 5.42. The quantitative estimate of drug-likeness (QED) is 0.505. The van der Waals surface area contributed by atoms with Gasteiger partial charge in [0.15, 0.2) is 11.6 Å². The molecule has 0 saturated heterocycles. The summed E-state index contributed by atoms with van der Waals surface area (Å²) >= 11 is 3.33. The van der Waals surface area contributed by atoms with Crippen LogP contribution < -0.4 is 5.32 Å². The molecule has 1 aromatic carbocycles. The number of nitro groups is 1. The Balaban J connectivity index is 2.20. The third kappa shape index (κ3) is 2.95. The highest BCUT2D eigenvalue weighted by atomic mass is 79.9. The van der Waals surface area contributed by atoms with Crippen LogP contribution in [-0.2, 0) is 0 Å². The number of nitro benzene ring substituents is 1. The molecule has 1 saturated carbocycles. The number of amides is 1. The lowest BCUT2D eigenvalue weighted by Crippen LogP contribution is -2.31. The van der Waals surface area contributed by atoms with Crippen molar-refractivity contribution in [3.05, 3.63) is 39.4 Å². The van der Waals surface area contributed by atoms with Gasteiger partial charge >= 0.3 is 0 Å². The van der Waals surface area contributed by atoms with E-state index in [0.29, 0.717) is 24.0 Å². The molecule has 1 aromatic rings. The third-order valence-electron chi connectivity index (χ3n) is 3.34. The molecule has 2 rings (SSSR count). The Bertz CT molecular complexity index is 576. The monoisotopic (exact) mass is 348 g/mol. The van der Waals surface area contributed by atoms with E-state index in [0.717, 1.165) is 12.8 Å². The van der Waals surface area contributed by atoms with Gasteiger partial charge in [-0.2, -0.15) is 0 Å². The third-order valence-corrected chi connectivity index (χ3v) is 4.53. The molecule has 1 amide bonds. The van der Waals surface area contributed by atoms with Crippen molar-refractivity contribution in [2.45, 2.75) is 12.8 Å². The number of benzene rings is 1. The number of nitrogens with zero attached hydrogens (tertiary/aromatic N) is 1. The molecular weight excluding hydrogens is 338 g/mol. The number of hydrogen-bond acceptors (Lipinski definition) is 3. The number of rotatable bonds is 5. The van der Waals surface area contributed by atoms with Crippen LogP contribution in [0.5, 0.6) is 0 Å². The molecule has 1 N–H and O–H groups in total. The number of alkyl halides is 1. The van der Waals surface area contributed by atoms with Crippen molar-refractivity contribution in [2.75, 3.05) is 11.9 Å². The van der Waals surface area contributed by atoms with Gasteiger partial charge in [-0.15, -0.1) is 0 Å². The highest BCUT2D eigenvalue weighted by Gasteiger charge is 2.41. The van der Waals surface area contributed by atoms with Gasteiger partial charge < -0.3 is 5.32 Å². The molecule has 1 fully saturated rings. The fraction of sp³-hybridized carbons (Fsp3) is 0.417. The fourth-order valence-electron chi connectivity index (χ4n) is 1.77. The molecule has 0 bridgehead atoms. The summed E-state index contributed by atoms with van der Waals surface area (Å²) in [6.07, 6.45) is 1.89. The normalized spacial score (nSPS) is 15.8. The molecular formula is C12H11BrF2N2O3. The van der Waals surface area contributed by atoms with E-state index in [1.54, 1.807) is 0 Å². The summed E-state index contributed by atoms with van der Waals surface area (Å²) in [5.41, 5.74) is -1.24. The van der Waals surface area contributed by atoms with E-state index in [1.165, 1.54) is 0 Å². The Hall–Kier alpha value is -1.57. The van der Waals surface area contributed by atoms with Crippen LogP contribution in [-0.4, -0.2) is 22.7 Å². The van der Waals surface area contributed by atoms with Gasteiger partial charge in [0.1, 0.15) is 5.56 Å². The van der Waals surface area contributed by atoms with Crippen molar-refractivity contribution in [3.8, 4) is 0 Å². The lowest BCUT2D eigenvalue weighted by Gasteiger charge is -2.12. The Morgan fingerprint density at radius 1 is 1.40 bits per heavy atom. The first-order chi connectivity index (χ1) is 9.38. The smallest absolute Gasteiger partial charge is 0.285 e. The summed E-state index contributed by atoms with van der Waals surface area (Å²) in [5, 5.41) is 14.0. The van der Waals surface area contributed by atoms with Crippen LogP contribution in [0.15, 0.2) is 12.1 Å². The van der Waals surface area contributed by atoms with Crippen molar-refractivity contribution in [3.63, 3.8) is 0 Å². The predicted molar refractivity (Wildman–Crippen MR) is 70.8 cm³/mol. The molecule has 0 atom stereocenters. The first kappa shape index (κ1) is 14.8. The first-order valence-corrected chi connectivity index (χ1v) is 6.98. The maximum atomic E-state index is 13.2. The predicted octanol–water partition coefficient (Wildman–Crippen LogP) is 2.78. The summed E-state index contributed by atoms with van der Waals surface area (Å²) < 4.78 is 26.2. The second-order valence-electron chi connectivity index (χ2n) is 4.86. The largest absolute Gasteiger partial charge is 0.351 e. The topological polar surface area (TPSA) is 72.2 Å². The highest BCUT2D eigenvalue weighted by Crippen LogP contribution is 2.46. The number of carbonyl (C=O) groups excluding carboxylic acids is 1. The van der Waals surface area contributed by atoms with Gasteiger partial charge in [0.05, 0.1) is 11.0 Å². The van der Waals surface area contributed by atoms with Crippen LogP contribution in [0.4, 0.5) is 14.5 Å². The molecule has 20 heavy (non-hydrogen) atoms. The van der Waals surface area contributed by atoms with E-state index in [9.17, 15) is 23.7 Å². The molecule has 0 heterocycles. The summed E-state index contributed by atoms with van der Waals surface area (Å²) in [5.74, 6) is -3.42. The number of hydrogen-bond donors (Lipinski definition) is 1. The number of halogens is 3. The summed E-state index contributed by atoms with van der Waals surface area (Å²) in [7, 11) is 0. The average Bonchev–Trinajstić information content (AvgIpc) is 3.19. The fourth-order valence-corrected chi connectivity index (χ4v) is 2.53. The molecule has 0 aliphatic heterocycles. The zero-order valence-corrected chi connectivity index (χ0v) is 11.9. The molecule has 0 unspecified atom stereocenters. The van der Waals surface area contributed by atoms with Gasteiger partial charge in [-0.3, -0.25) is 14.9 Å². The molecule has 0 spiro atoms. The van der Waals surface area contributed by atoms with Crippen molar-refractivity contribution in [1.29, 1.82) is 0 Å². The summed E-state index contributed by atoms with van der Waals surface area (Å²) in [6.45, 7) is 0.341. The van der Waals surface area contributed by atoms with E-state index in [-0.39, 0.29) is 5.41 Å². The van der Waals surface area contributed by atoms with Crippen molar-refractivity contribution >= 4 is 27.5 Å². The van der Waals surface area contributed by atoms with E-state index in [1.807, 2.05) is 0 Å². The minimum Gasteiger partial charge on any atom is -0.351 e. The zero-order valence-electron chi connectivity index (χ0n) is 10.3. The Morgan fingerprint density at radius 3 is 2.50 bits per heavy atom. The Kier molecular flexibility index (Phi) is 4.03. The molecule has 8 heteroatoms. The Labute approximate surface area is 121 Å². The Morgan fingerprint density at radius 2 is 2.00 bits per heavy atom. The van der Waals surface area contributed by atoms with Crippen LogP contribution in [0, 0.1) is 27.2 Å². The summed E-state index contributed by atoms with van der Waals surface area (Å²) in [6, 6.07) is 0.970. The zero-order chi connectivity index (χ0) is 14.9. The van der Waals surface area contributed by atoms with E-state index >= 15 is 0 Å². The van der Waals surface area contributed by atoms with Crippen LogP contribution in [0.1, 0.15) is 23.2 Å². The number of nitrogens with one attached hydrogen (secondary N) is 1. The van der Waals surface area contributed by atoms with E-state index < -0.39 is 33.7 Å². The average molecular weight is 349 g/mol. The molecule has 108 valence electrons. The van der Waals surface area contributed by atoms with E-state index in [2.05, 4.69) is 21.2 Å². The summed E-state index contributed by atoms with van der Waals surface area (Å²) in [4.78, 5) is 21.8. The number of carbonyl (C=O) groups is 1.